The smallest absolute Gasteiger partial charge is 0.158 e. The normalized spacial score (nSPS) is 19.7. The van der Waals surface area contributed by atoms with E-state index < -0.39 is 0 Å². The maximum Gasteiger partial charge on any atom is 0.158 e. The van der Waals surface area contributed by atoms with Crippen molar-refractivity contribution in [3.63, 3.8) is 0 Å². The molecule has 0 aliphatic heterocycles. The summed E-state index contributed by atoms with van der Waals surface area (Å²) in [5, 5.41) is 0. The van der Waals surface area contributed by atoms with Gasteiger partial charge in [-0.25, -0.2) is 0 Å². The molecule has 16 heavy (non-hydrogen) atoms. The molecule has 0 aromatic heterocycles. The van der Waals surface area contributed by atoms with Crippen molar-refractivity contribution in [2.75, 3.05) is 14.2 Å². The Bertz CT molecular complexity index is 242. The number of carbonyl (C=O) groups excluding carboxylic acids is 1. The van der Waals surface area contributed by atoms with Gasteiger partial charge in [-0.05, 0) is 44.1 Å². The van der Waals surface area contributed by atoms with Gasteiger partial charge in [0.15, 0.2) is 12.1 Å². The Morgan fingerprint density at radius 1 is 1.25 bits per heavy atom. The van der Waals surface area contributed by atoms with Gasteiger partial charge >= 0.3 is 0 Å². The van der Waals surface area contributed by atoms with Crippen molar-refractivity contribution in [3.8, 4) is 0 Å². The van der Waals surface area contributed by atoms with Gasteiger partial charge in [-0.3, -0.25) is 4.79 Å². The van der Waals surface area contributed by atoms with Crippen LogP contribution in [-0.4, -0.2) is 26.3 Å². The van der Waals surface area contributed by atoms with Crippen LogP contribution in [0.1, 0.15) is 44.9 Å². The van der Waals surface area contributed by atoms with Gasteiger partial charge in [-0.15, -0.1) is 0 Å². The highest BCUT2D eigenvalue weighted by Gasteiger charge is 2.14. The molecular weight excluding hydrogens is 204 g/mol. The molecule has 0 bridgehead atoms. The molecule has 0 unspecified atom stereocenters. The summed E-state index contributed by atoms with van der Waals surface area (Å²) in [6, 6.07) is 0. The number of carbonyl (C=O) groups is 1. The molecule has 92 valence electrons. The number of allylic oxidation sites excluding steroid dienone is 2. The van der Waals surface area contributed by atoms with Gasteiger partial charge in [0.1, 0.15) is 0 Å². The molecule has 3 nitrogen and oxygen atoms in total. The van der Waals surface area contributed by atoms with Crippen LogP contribution in [0.25, 0.3) is 0 Å². The monoisotopic (exact) mass is 226 g/mol. The molecule has 0 amide bonds. The van der Waals surface area contributed by atoms with E-state index in [1.807, 2.05) is 0 Å². The van der Waals surface area contributed by atoms with Gasteiger partial charge < -0.3 is 9.47 Å². The highest BCUT2D eigenvalue weighted by molar-refractivity contribution is 5.95. The molecule has 0 aromatic carbocycles. The minimum atomic E-state index is -0.111. The molecule has 0 heterocycles. The average molecular weight is 226 g/mol. The molecule has 0 radical (unpaired) electrons. The van der Waals surface area contributed by atoms with Crippen molar-refractivity contribution >= 4 is 5.78 Å². The number of rotatable bonds is 6. The first kappa shape index (κ1) is 13.4. The fourth-order valence-corrected chi connectivity index (χ4v) is 2.01. The van der Waals surface area contributed by atoms with Crippen LogP contribution in [0.3, 0.4) is 0 Å². The lowest BCUT2D eigenvalue weighted by atomic mass is 9.92. The van der Waals surface area contributed by atoms with E-state index in [2.05, 4.69) is 6.08 Å². The van der Waals surface area contributed by atoms with Crippen LogP contribution in [0, 0.1) is 0 Å². The Labute approximate surface area is 97.8 Å². The Morgan fingerprint density at radius 3 is 2.56 bits per heavy atom. The van der Waals surface area contributed by atoms with Crippen molar-refractivity contribution in [3.05, 3.63) is 11.6 Å². The third kappa shape index (κ3) is 4.45. The molecule has 1 saturated carbocycles. The van der Waals surface area contributed by atoms with Gasteiger partial charge in [-0.1, -0.05) is 6.08 Å². The summed E-state index contributed by atoms with van der Waals surface area (Å²) < 4.78 is 10.2. The summed E-state index contributed by atoms with van der Waals surface area (Å²) in [6.45, 7) is 0. The highest BCUT2D eigenvalue weighted by atomic mass is 16.7. The zero-order valence-corrected chi connectivity index (χ0v) is 10.3. The van der Waals surface area contributed by atoms with Gasteiger partial charge in [0.25, 0.3) is 0 Å². The van der Waals surface area contributed by atoms with Crippen LogP contribution >= 0.6 is 0 Å². The van der Waals surface area contributed by atoms with Gasteiger partial charge in [-0.2, -0.15) is 0 Å². The second kappa shape index (κ2) is 7.58. The molecule has 0 aromatic rings. The fourth-order valence-electron chi connectivity index (χ4n) is 2.01. The number of unbranched alkanes of at least 4 members (excludes halogenated alkanes) is 1. The van der Waals surface area contributed by atoms with E-state index in [0.29, 0.717) is 5.78 Å². The number of Topliss-reactive ketones (excluding diaryl/α,β-unsaturated/α-hetero) is 1. The maximum absolute atomic E-state index is 11.5. The zero-order chi connectivity index (χ0) is 11.8. The Hall–Kier alpha value is -0.670. The first-order chi connectivity index (χ1) is 7.77. The molecule has 1 aliphatic carbocycles. The highest BCUT2D eigenvalue weighted by Crippen LogP contribution is 2.20. The SMILES string of the molecule is COC(CCC/C=C1/CCCCC1=O)OC. The molecule has 0 N–H and O–H groups in total. The summed E-state index contributed by atoms with van der Waals surface area (Å²) in [4.78, 5) is 11.5. The quantitative estimate of drug-likeness (QED) is 0.397. The molecule has 0 atom stereocenters. The van der Waals surface area contributed by atoms with Gasteiger partial charge in [0, 0.05) is 20.6 Å². The predicted molar refractivity (Wildman–Crippen MR) is 63.2 cm³/mol. The summed E-state index contributed by atoms with van der Waals surface area (Å²) >= 11 is 0. The molecule has 0 spiro atoms. The third-order valence-electron chi connectivity index (χ3n) is 3.02. The van der Waals surface area contributed by atoms with E-state index in [-0.39, 0.29) is 6.29 Å². The van der Waals surface area contributed by atoms with Crippen molar-refractivity contribution in [1.82, 2.24) is 0 Å². The number of ether oxygens (including phenoxy) is 2. The molecule has 0 saturated heterocycles. The van der Waals surface area contributed by atoms with Gasteiger partial charge in [0.05, 0.1) is 0 Å². The minimum Gasteiger partial charge on any atom is -0.356 e. The van der Waals surface area contributed by atoms with Crippen molar-refractivity contribution in [1.29, 1.82) is 0 Å². The standard InChI is InChI=1S/C13H22O3/c1-15-13(16-2)10-6-4-8-11-7-3-5-9-12(11)14/h8,13H,3-7,9-10H2,1-2H3/b11-8-. The fraction of sp³-hybridized carbons (Fsp3) is 0.769. The molecule has 1 aliphatic rings. The second-order valence-corrected chi connectivity index (χ2v) is 4.19. The third-order valence-corrected chi connectivity index (χ3v) is 3.02. The van der Waals surface area contributed by atoms with Gasteiger partial charge in [0.2, 0.25) is 0 Å². The van der Waals surface area contributed by atoms with Crippen molar-refractivity contribution in [2.24, 2.45) is 0 Å². The summed E-state index contributed by atoms with van der Waals surface area (Å²) in [7, 11) is 3.30. The summed E-state index contributed by atoms with van der Waals surface area (Å²) in [6.07, 6.45) is 8.76. The topological polar surface area (TPSA) is 35.5 Å². The first-order valence-corrected chi connectivity index (χ1v) is 6.05. The average Bonchev–Trinajstić information content (AvgIpc) is 2.31. The maximum atomic E-state index is 11.5. The van der Waals surface area contributed by atoms with E-state index in [1.54, 1.807) is 14.2 Å². The predicted octanol–water partition coefficient (Wildman–Crippen LogP) is 2.85. The largest absolute Gasteiger partial charge is 0.356 e. The van der Waals surface area contributed by atoms with E-state index >= 15 is 0 Å². The van der Waals surface area contributed by atoms with Crippen molar-refractivity contribution < 1.29 is 14.3 Å². The lowest BCUT2D eigenvalue weighted by Gasteiger charge is -2.14. The van der Waals surface area contributed by atoms with Crippen LogP contribution in [0.2, 0.25) is 0 Å². The van der Waals surface area contributed by atoms with E-state index in [1.165, 1.54) is 0 Å². The first-order valence-electron chi connectivity index (χ1n) is 6.05. The Kier molecular flexibility index (Phi) is 6.34. The van der Waals surface area contributed by atoms with Crippen molar-refractivity contribution in [2.45, 2.75) is 51.2 Å². The van der Waals surface area contributed by atoms with E-state index in [4.69, 9.17) is 9.47 Å². The summed E-state index contributed by atoms with van der Waals surface area (Å²) in [5.41, 5.74) is 1.04. The molecule has 1 fully saturated rings. The van der Waals surface area contributed by atoms with Crippen LogP contribution < -0.4 is 0 Å². The van der Waals surface area contributed by atoms with Crippen LogP contribution in [0.4, 0.5) is 0 Å². The molecular formula is C13H22O3. The minimum absolute atomic E-state index is 0.111. The summed E-state index contributed by atoms with van der Waals surface area (Å²) in [5.74, 6) is 0.348. The van der Waals surface area contributed by atoms with E-state index in [9.17, 15) is 4.79 Å². The molecule has 3 heteroatoms. The van der Waals surface area contributed by atoms with E-state index in [0.717, 1.165) is 50.5 Å². The molecule has 1 rings (SSSR count). The number of methoxy groups -OCH3 is 2. The van der Waals surface area contributed by atoms with Crippen LogP contribution in [0.5, 0.6) is 0 Å². The van der Waals surface area contributed by atoms with Crippen LogP contribution in [-0.2, 0) is 14.3 Å². The number of hydrogen-bond donors (Lipinski definition) is 0. The Balaban J connectivity index is 2.22. The van der Waals surface area contributed by atoms with Crippen LogP contribution in [0.15, 0.2) is 11.6 Å². The zero-order valence-electron chi connectivity index (χ0n) is 10.3. The lowest BCUT2D eigenvalue weighted by molar-refractivity contribution is -0.116. The Morgan fingerprint density at radius 2 is 1.94 bits per heavy atom. The number of ketones is 1. The second-order valence-electron chi connectivity index (χ2n) is 4.19. The lowest BCUT2D eigenvalue weighted by Crippen LogP contribution is -2.12. The number of hydrogen-bond acceptors (Lipinski definition) is 3.